The largest absolute Gasteiger partial charge is 0.329 e. The van der Waals surface area contributed by atoms with Crippen LogP contribution in [0.1, 0.15) is 24.0 Å². The molecule has 2 fully saturated rings. The molecule has 2 amide bonds. The Bertz CT molecular complexity index is 590. The third-order valence-corrected chi connectivity index (χ3v) is 4.56. The van der Waals surface area contributed by atoms with Crippen LogP contribution in [0.5, 0.6) is 0 Å². The van der Waals surface area contributed by atoms with Crippen molar-refractivity contribution in [3.63, 3.8) is 0 Å². The summed E-state index contributed by atoms with van der Waals surface area (Å²) in [7, 11) is 0. The Morgan fingerprint density at radius 1 is 1.33 bits per heavy atom. The normalized spacial score (nSPS) is 21.9. The molecule has 112 valence electrons. The summed E-state index contributed by atoms with van der Waals surface area (Å²) < 4.78 is 0. The predicted molar refractivity (Wildman–Crippen MR) is 79.5 cm³/mol. The summed E-state index contributed by atoms with van der Waals surface area (Å²) >= 11 is 6.23. The fraction of sp³-hybridized carbons (Fsp3) is 0.467. The standard InChI is InChI=1S/C15H18ClN3O2/c16-12-6-10(7-17)3-4-11(12)8-18-9-14(20)19-5-1-2-13(19)15(18)21/h3-4,6,13H,1-2,5,7-9,17H2. The second-order valence-electron chi connectivity index (χ2n) is 5.57. The summed E-state index contributed by atoms with van der Waals surface area (Å²) in [4.78, 5) is 27.9. The summed E-state index contributed by atoms with van der Waals surface area (Å²) in [5, 5.41) is 0.590. The van der Waals surface area contributed by atoms with Gasteiger partial charge in [0.05, 0.1) is 0 Å². The maximum absolute atomic E-state index is 12.5. The van der Waals surface area contributed by atoms with Crippen molar-refractivity contribution in [2.75, 3.05) is 13.1 Å². The zero-order chi connectivity index (χ0) is 15.0. The van der Waals surface area contributed by atoms with Crippen LogP contribution >= 0.6 is 11.6 Å². The molecule has 6 heteroatoms. The quantitative estimate of drug-likeness (QED) is 0.910. The molecular formula is C15H18ClN3O2. The second kappa shape index (κ2) is 5.66. The van der Waals surface area contributed by atoms with Crippen molar-refractivity contribution in [2.24, 2.45) is 5.73 Å². The maximum Gasteiger partial charge on any atom is 0.246 e. The van der Waals surface area contributed by atoms with Crippen LogP contribution in [0, 0.1) is 0 Å². The number of benzene rings is 1. The number of carbonyl (C=O) groups excluding carboxylic acids is 2. The van der Waals surface area contributed by atoms with E-state index in [-0.39, 0.29) is 24.4 Å². The van der Waals surface area contributed by atoms with E-state index in [0.29, 0.717) is 24.7 Å². The number of amides is 2. The van der Waals surface area contributed by atoms with Gasteiger partial charge in [-0.05, 0) is 30.0 Å². The lowest BCUT2D eigenvalue weighted by atomic mass is 10.1. The number of nitrogens with two attached hydrogens (primary N) is 1. The van der Waals surface area contributed by atoms with E-state index in [1.807, 2.05) is 18.2 Å². The molecule has 1 unspecified atom stereocenters. The molecule has 0 aliphatic carbocycles. The van der Waals surface area contributed by atoms with Gasteiger partial charge in [-0.1, -0.05) is 23.7 Å². The van der Waals surface area contributed by atoms with E-state index < -0.39 is 0 Å². The minimum Gasteiger partial charge on any atom is -0.329 e. The molecule has 1 aromatic carbocycles. The number of carbonyl (C=O) groups is 2. The van der Waals surface area contributed by atoms with Crippen LogP contribution < -0.4 is 5.73 Å². The third kappa shape index (κ3) is 2.63. The van der Waals surface area contributed by atoms with Gasteiger partial charge >= 0.3 is 0 Å². The summed E-state index contributed by atoms with van der Waals surface area (Å²) in [6.07, 6.45) is 1.67. The van der Waals surface area contributed by atoms with Crippen molar-refractivity contribution in [1.82, 2.24) is 9.80 Å². The lowest BCUT2D eigenvalue weighted by Gasteiger charge is -2.36. The Morgan fingerprint density at radius 2 is 2.14 bits per heavy atom. The number of piperazine rings is 1. The number of hydrogen-bond acceptors (Lipinski definition) is 3. The molecule has 21 heavy (non-hydrogen) atoms. The van der Waals surface area contributed by atoms with E-state index in [9.17, 15) is 9.59 Å². The summed E-state index contributed by atoms with van der Waals surface area (Å²) in [5.74, 6) is 0.0675. The molecule has 1 atom stereocenters. The maximum atomic E-state index is 12.5. The zero-order valence-electron chi connectivity index (χ0n) is 11.7. The SMILES string of the molecule is NCc1ccc(CN2CC(=O)N3CCCC3C2=O)c(Cl)c1. The van der Waals surface area contributed by atoms with Gasteiger partial charge < -0.3 is 15.5 Å². The fourth-order valence-corrected chi connectivity index (χ4v) is 3.31. The Hall–Kier alpha value is -1.59. The number of rotatable bonds is 3. The molecule has 2 saturated heterocycles. The van der Waals surface area contributed by atoms with Gasteiger partial charge in [-0.25, -0.2) is 0 Å². The zero-order valence-corrected chi connectivity index (χ0v) is 12.5. The van der Waals surface area contributed by atoms with Gasteiger partial charge in [-0.2, -0.15) is 0 Å². The van der Waals surface area contributed by atoms with Crippen molar-refractivity contribution in [3.8, 4) is 0 Å². The van der Waals surface area contributed by atoms with Gasteiger partial charge in [0.15, 0.2) is 0 Å². The minimum absolute atomic E-state index is 0.0334. The van der Waals surface area contributed by atoms with Crippen LogP contribution in [0.3, 0.4) is 0 Å². The number of halogens is 1. The van der Waals surface area contributed by atoms with Gasteiger partial charge in [-0.15, -0.1) is 0 Å². The van der Waals surface area contributed by atoms with Crippen molar-refractivity contribution in [2.45, 2.75) is 32.0 Å². The molecule has 0 bridgehead atoms. The van der Waals surface area contributed by atoms with Crippen molar-refractivity contribution >= 4 is 23.4 Å². The minimum atomic E-state index is -0.270. The molecule has 0 aromatic heterocycles. The molecule has 2 heterocycles. The van der Waals surface area contributed by atoms with E-state index in [0.717, 1.165) is 24.0 Å². The van der Waals surface area contributed by atoms with E-state index in [1.54, 1.807) is 9.80 Å². The predicted octanol–water partition coefficient (Wildman–Crippen LogP) is 1.13. The van der Waals surface area contributed by atoms with Gasteiger partial charge in [0, 0.05) is 24.7 Å². The average Bonchev–Trinajstić information content (AvgIpc) is 2.96. The smallest absolute Gasteiger partial charge is 0.246 e. The Balaban J connectivity index is 1.78. The number of fused-ring (bicyclic) bond motifs is 1. The van der Waals surface area contributed by atoms with E-state index in [2.05, 4.69) is 0 Å². The molecule has 2 aliphatic heterocycles. The van der Waals surface area contributed by atoms with Gasteiger partial charge in [0.2, 0.25) is 11.8 Å². The molecule has 2 N–H and O–H groups in total. The topological polar surface area (TPSA) is 66.6 Å². The van der Waals surface area contributed by atoms with Gasteiger partial charge in [-0.3, -0.25) is 9.59 Å². The van der Waals surface area contributed by atoms with E-state index in [4.69, 9.17) is 17.3 Å². The lowest BCUT2D eigenvalue weighted by Crippen LogP contribution is -2.56. The highest BCUT2D eigenvalue weighted by molar-refractivity contribution is 6.31. The molecule has 0 saturated carbocycles. The van der Waals surface area contributed by atoms with Crippen LogP contribution in [0.4, 0.5) is 0 Å². The van der Waals surface area contributed by atoms with Gasteiger partial charge in [0.25, 0.3) is 0 Å². The van der Waals surface area contributed by atoms with Gasteiger partial charge in [0.1, 0.15) is 12.6 Å². The highest BCUT2D eigenvalue weighted by Gasteiger charge is 2.41. The Labute approximate surface area is 128 Å². The lowest BCUT2D eigenvalue weighted by molar-refractivity contribution is -0.154. The second-order valence-corrected chi connectivity index (χ2v) is 5.98. The molecule has 1 aromatic rings. The monoisotopic (exact) mass is 307 g/mol. The first-order valence-corrected chi connectivity index (χ1v) is 7.53. The molecule has 3 rings (SSSR count). The summed E-state index contributed by atoms with van der Waals surface area (Å²) in [6.45, 7) is 1.65. The highest BCUT2D eigenvalue weighted by Crippen LogP contribution is 2.26. The molecule has 0 radical (unpaired) electrons. The number of nitrogens with zero attached hydrogens (tertiary/aromatic N) is 2. The van der Waals surface area contributed by atoms with Crippen LogP contribution in [0.2, 0.25) is 5.02 Å². The summed E-state index contributed by atoms with van der Waals surface area (Å²) in [6, 6.07) is 5.32. The molecule has 2 aliphatic rings. The Morgan fingerprint density at radius 3 is 2.86 bits per heavy atom. The van der Waals surface area contributed by atoms with Crippen LogP contribution in [-0.4, -0.2) is 40.7 Å². The third-order valence-electron chi connectivity index (χ3n) is 4.21. The molecular weight excluding hydrogens is 290 g/mol. The molecule has 0 spiro atoms. The van der Waals surface area contributed by atoms with E-state index >= 15 is 0 Å². The first kappa shape index (κ1) is 14.4. The fourth-order valence-electron chi connectivity index (χ4n) is 3.05. The van der Waals surface area contributed by atoms with Crippen LogP contribution in [-0.2, 0) is 22.7 Å². The van der Waals surface area contributed by atoms with Crippen molar-refractivity contribution < 1.29 is 9.59 Å². The summed E-state index contributed by atoms with van der Waals surface area (Å²) in [5.41, 5.74) is 7.38. The molecule has 5 nitrogen and oxygen atoms in total. The number of hydrogen-bond donors (Lipinski definition) is 1. The van der Waals surface area contributed by atoms with Crippen molar-refractivity contribution in [3.05, 3.63) is 34.3 Å². The van der Waals surface area contributed by atoms with Crippen LogP contribution in [0.25, 0.3) is 0 Å². The van der Waals surface area contributed by atoms with Crippen LogP contribution in [0.15, 0.2) is 18.2 Å². The van der Waals surface area contributed by atoms with E-state index in [1.165, 1.54) is 0 Å². The van der Waals surface area contributed by atoms with Crippen molar-refractivity contribution in [1.29, 1.82) is 0 Å². The average molecular weight is 308 g/mol. The first-order chi connectivity index (χ1) is 10.1. The highest BCUT2D eigenvalue weighted by atomic mass is 35.5. The first-order valence-electron chi connectivity index (χ1n) is 7.16. The Kier molecular flexibility index (Phi) is 3.87.